The van der Waals surface area contributed by atoms with E-state index in [1.165, 1.54) is 43.7 Å². The van der Waals surface area contributed by atoms with E-state index in [0.29, 0.717) is 17.7 Å². The molecule has 2 amide bonds. The van der Waals surface area contributed by atoms with Gasteiger partial charge in [-0.1, -0.05) is 12.1 Å². The van der Waals surface area contributed by atoms with E-state index >= 15 is 0 Å². The Kier molecular flexibility index (Phi) is 8.19. The van der Waals surface area contributed by atoms with Gasteiger partial charge in [-0.3, -0.25) is 14.8 Å². The number of rotatable bonds is 7. The zero-order valence-electron chi connectivity index (χ0n) is 18.3. The summed E-state index contributed by atoms with van der Waals surface area (Å²) in [4.78, 5) is 25.2. The maximum atomic E-state index is 13.0. The van der Waals surface area contributed by atoms with Crippen LogP contribution in [-0.4, -0.2) is 35.0 Å². The van der Waals surface area contributed by atoms with Crippen molar-refractivity contribution in [2.24, 2.45) is 0 Å². The van der Waals surface area contributed by atoms with Crippen LogP contribution >= 0.6 is 0 Å². The molecule has 2 atom stereocenters. The molecule has 0 aliphatic carbocycles. The first-order valence-electron chi connectivity index (χ1n) is 9.87. The zero-order valence-corrected chi connectivity index (χ0v) is 18.3. The van der Waals surface area contributed by atoms with Gasteiger partial charge in [0.25, 0.3) is 5.91 Å². The minimum absolute atomic E-state index is 0.0404. The van der Waals surface area contributed by atoms with Crippen LogP contribution in [0.15, 0.2) is 42.5 Å². The minimum atomic E-state index is -4.96. The van der Waals surface area contributed by atoms with Crippen molar-refractivity contribution in [1.82, 2.24) is 10.4 Å². The first-order chi connectivity index (χ1) is 15.6. The molecule has 0 aliphatic heterocycles. The molecule has 2 N–H and O–H groups in total. The molecule has 2 rings (SSSR count). The Bertz CT molecular complexity index is 989. The lowest BCUT2D eigenvalue weighted by Crippen LogP contribution is -2.46. The highest BCUT2D eigenvalue weighted by Crippen LogP contribution is 2.36. The molecule has 0 heterocycles. The quantitative estimate of drug-likeness (QED) is 0.332. The normalized spacial score (nSPS) is 13.7. The highest BCUT2D eigenvalue weighted by Gasteiger charge is 2.37. The number of hydrogen-bond donors (Lipinski definition) is 2. The third-order valence-electron chi connectivity index (χ3n) is 5.22. The van der Waals surface area contributed by atoms with Crippen molar-refractivity contribution >= 4 is 11.8 Å². The van der Waals surface area contributed by atoms with Gasteiger partial charge in [-0.2, -0.15) is 26.3 Å². The van der Waals surface area contributed by atoms with Crippen LogP contribution in [0.1, 0.15) is 42.0 Å². The number of alkyl halides is 6. The molecule has 0 fully saturated rings. The van der Waals surface area contributed by atoms with E-state index in [1.54, 1.807) is 6.92 Å². The lowest BCUT2D eigenvalue weighted by molar-refractivity contribution is -0.143. The molecule has 0 saturated heterocycles. The molecule has 0 spiro atoms. The van der Waals surface area contributed by atoms with Crippen molar-refractivity contribution in [1.29, 1.82) is 0 Å². The predicted octanol–water partition coefficient (Wildman–Crippen LogP) is 4.76. The van der Waals surface area contributed by atoms with Gasteiger partial charge in [-0.05, 0) is 55.3 Å². The SMILES string of the molecule is C[C@@H](C(=O)N(C)[C@@H](C)C(=O)NO)c1ccc(OCc2cc(C(F)(F)F)cc(C(F)(F)F)c2)cc1. The molecule has 0 saturated carbocycles. The first-order valence-corrected chi connectivity index (χ1v) is 9.87. The smallest absolute Gasteiger partial charge is 0.416 e. The topological polar surface area (TPSA) is 78.9 Å². The number of carbonyl (C=O) groups excluding carboxylic acids is 2. The van der Waals surface area contributed by atoms with Crippen molar-refractivity contribution in [2.75, 3.05) is 7.05 Å². The fourth-order valence-corrected chi connectivity index (χ4v) is 3.03. The van der Waals surface area contributed by atoms with Crippen molar-refractivity contribution in [3.8, 4) is 5.75 Å². The Morgan fingerprint density at radius 3 is 1.91 bits per heavy atom. The van der Waals surface area contributed by atoms with Gasteiger partial charge in [0.15, 0.2) is 0 Å². The summed E-state index contributed by atoms with van der Waals surface area (Å²) in [6, 6.07) is 6.14. The summed E-state index contributed by atoms with van der Waals surface area (Å²) in [5, 5.41) is 8.70. The van der Waals surface area contributed by atoms with E-state index in [9.17, 15) is 35.9 Å². The number of benzene rings is 2. The number of halogens is 6. The van der Waals surface area contributed by atoms with E-state index in [1.807, 2.05) is 0 Å². The van der Waals surface area contributed by atoms with Crippen LogP contribution in [0, 0.1) is 0 Å². The second-order valence-electron chi connectivity index (χ2n) is 7.59. The summed E-state index contributed by atoms with van der Waals surface area (Å²) in [5.41, 5.74) is -1.19. The maximum Gasteiger partial charge on any atom is 0.416 e. The number of hydrogen-bond acceptors (Lipinski definition) is 4. The molecule has 12 heteroatoms. The molecule has 0 unspecified atom stereocenters. The van der Waals surface area contributed by atoms with Crippen LogP contribution in [0.3, 0.4) is 0 Å². The number of carbonyl (C=O) groups is 2. The number of ether oxygens (including phenoxy) is 1. The number of amides is 2. The van der Waals surface area contributed by atoms with E-state index in [4.69, 9.17) is 9.94 Å². The number of hydroxylamine groups is 1. The van der Waals surface area contributed by atoms with Gasteiger partial charge in [0.05, 0.1) is 17.0 Å². The van der Waals surface area contributed by atoms with Gasteiger partial charge >= 0.3 is 12.4 Å². The number of nitrogens with one attached hydrogen (secondary N) is 1. The highest BCUT2D eigenvalue weighted by molar-refractivity contribution is 5.89. The summed E-state index contributed by atoms with van der Waals surface area (Å²) in [6.07, 6.45) is -9.91. The average molecular weight is 492 g/mol. The van der Waals surface area contributed by atoms with Crippen LogP contribution in [0.25, 0.3) is 0 Å². The fourth-order valence-electron chi connectivity index (χ4n) is 3.03. The van der Waals surface area contributed by atoms with Crippen LogP contribution in [-0.2, 0) is 28.5 Å². The first kappa shape index (κ1) is 27.0. The van der Waals surface area contributed by atoms with Crippen LogP contribution < -0.4 is 10.2 Å². The summed E-state index contributed by atoms with van der Waals surface area (Å²) in [6.45, 7) is 2.46. The zero-order chi connectivity index (χ0) is 25.8. The van der Waals surface area contributed by atoms with Gasteiger partial charge in [0, 0.05) is 7.05 Å². The number of nitrogens with zero attached hydrogens (tertiary/aromatic N) is 1. The molecule has 6 nitrogen and oxygen atoms in total. The largest absolute Gasteiger partial charge is 0.489 e. The predicted molar refractivity (Wildman–Crippen MR) is 108 cm³/mol. The molecule has 2 aromatic carbocycles. The minimum Gasteiger partial charge on any atom is -0.489 e. The molecule has 0 aromatic heterocycles. The molecular weight excluding hydrogens is 470 g/mol. The Labute approximate surface area is 191 Å². The van der Waals surface area contributed by atoms with Crippen molar-refractivity contribution in [3.05, 3.63) is 64.7 Å². The Balaban J connectivity index is 2.13. The van der Waals surface area contributed by atoms with Gasteiger partial charge in [-0.15, -0.1) is 0 Å². The lowest BCUT2D eigenvalue weighted by Gasteiger charge is -2.26. The van der Waals surface area contributed by atoms with E-state index in [0.717, 1.165) is 4.90 Å². The maximum absolute atomic E-state index is 13.0. The molecule has 2 aromatic rings. The summed E-state index contributed by atoms with van der Waals surface area (Å²) >= 11 is 0. The summed E-state index contributed by atoms with van der Waals surface area (Å²) < 4.78 is 83.2. The Morgan fingerprint density at radius 2 is 1.47 bits per heavy atom. The van der Waals surface area contributed by atoms with E-state index in [2.05, 4.69) is 0 Å². The van der Waals surface area contributed by atoms with Crippen molar-refractivity contribution < 1.29 is 45.9 Å². The molecule has 0 bridgehead atoms. The second kappa shape index (κ2) is 10.3. The van der Waals surface area contributed by atoms with E-state index in [-0.39, 0.29) is 17.4 Å². The van der Waals surface area contributed by atoms with Gasteiger partial charge in [0.1, 0.15) is 18.4 Å². The molecule has 34 heavy (non-hydrogen) atoms. The third kappa shape index (κ3) is 6.62. The standard InChI is InChI=1S/C22H22F6N2O4/c1-12(20(32)30(3)13(2)19(31)29-33)15-4-6-18(7-5-15)34-11-14-8-16(21(23,24)25)10-17(9-14)22(26,27)28/h4-10,12-13,33H,11H2,1-3H3,(H,29,31)/t12-,13+/m1/s1. The Hall–Kier alpha value is -3.28. The lowest BCUT2D eigenvalue weighted by atomic mass is 9.99. The number of likely N-dealkylation sites (N-methyl/N-ethyl adjacent to an activating group) is 1. The molecular formula is C22H22F6N2O4. The van der Waals surface area contributed by atoms with Gasteiger partial charge in [-0.25, -0.2) is 5.48 Å². The van der Waals surface area contributed by atoms with Gasteiger partial charge < -0.3 is 9.64 Å². The third-order valence-corrected chi connectivity index (χ3v) is 5.22. The second-order valence-corrected chi connectivity index (χ2v) is 7.59. The molecule has 0 radical (unpaired) electrons. The molecule has 186 valence electrons. The van der Waals surface area contributed by atoms with Crippen LogP contribution in [0.2, 0.25) is 0 Å². The average Bonchev–Trinajstić information content (AvgIpc) is 2.79. The van der Waals surface area contributed by atoms with Crippen LogP contribution in [0.4, 0.5) is 26.3 Å². The van der Waals surface area contributed by atoms with Crippen LogP contribution in [0.5, 0.6) is 5.75 Å². The van der Waals surface area contributed by atoms with Crippen molar-refractivity contribution in [3.63, 3.8) is 0 Å². The fraction of sp³-hybridized carbons (Fsp3) is 0.364. The monoisotopic (exact) mass is 492 g/mol. The van der Waals surface area contributed by atoms with E-state index < -0.39 is 53.9 Å². The van der Waals surface area contributed by atoms with Gasteiger partial charge in [0.2, 0.25) is 5.91 Å². The molecule has 0 aliphatic rings. The van der Waals surface area contributed by atoms with Crippen molar-refractivity contribution in [2.45, 2.75) is 44.8 Å². The summed E-state index contributed by atoms with van der Waals surface area (Å²) in [7, 11) is 1.39. The Morgan fingerprint density at radius 1 is 0.971 bits per heavy atom. The highest BCUT2D eigenvalue weighted by atomic mass is 19.4. The summed E-state index contributed by atoms with van der Waals surface area (Å²) in [5.74, 6) is -1.72.